The minimum Gasteiger partial charge on any atom is -0.382 e. The van der Waals surface area contributed by atoms with Crippen LogP contribution in [0.4, 0.5) is 0 Å². The van der Waals surface area contributed by atoms with Crippen LogP contribution in [-0.2, 0) is 14.3 Å². The lowest BCUT2D eigenvalue weighted by Gasteiger charge is -2.27. The Kier molecular flexibility index (Phi) is 8.79. The molecule has 1 aliphatic heterocycles. The van der Waals surface area contributed by atoms with Gasteiger partial charge < -0.3 is 20.1 Å². The highest BCUT2D eigenvalue weighted by Crippen LogP contribution is 2.12. The summed E-state index contributed by atoms with van der Waals surface area (Å²) in [6.07, 6.45) is 5.19. The van der Waals surface area contributed by atoms with Crippen LogP contribution in [0.25, 0.3) is 0 Å². The second-order valence-electron chi connectivity index (χ2n) is 5.15. The first kappa shape index (κ1) is 16.4. The number of hydrogen-bond donors (Lipinski definition) is 2. The highest BCUT2D eigenvalue weighted by molar-refractivity contribution is 5.81. The van der Waals surface area contributed by atoms with Gasteiger partial charge in [-0.3, -0.25) is 4.79 Å². The number of carbonyl (C=O) groups is 1. The van der Waals surface area contributed by atoms with Gasteiger partial charge in [0.1, 0.15) is 0 Å². The number of rotatable bonds is 9. The quantitative estimate of drug-likeness (QED) is 0.617. The van der Waals surface area contributed by atoms with Crippen LogP contribution < -0.4 is 10.6 Å². The minimum atomic E-state index is 0.00158. The van der Waals surface area contributed by atoms with Crippen LogP contribution >= 0.6 is 0 Å². The Morgan fingerprint density at radius 1 is 1.26 bits per heavy atom. The molecule has 0 aliphatic carbocycles. The van der Waals surface area contributed by atoms with E-state index < -0.39 is 0 Å². The van der Waals surface area contributed by atoms with Crippen LogP contribution in [0.3, 0.4) is 0 Å². The summed E-state index contributed by atoms with van der Waals surface area (Å²) < 4.78 is 10.2. The van der Waals surface area contributed by atoms with Gasteiger partial charge in [-0.15, -0.1) is 0 Å². The molecule has 1 heterocycles. The fourth-order valence-corrected chi connectivity index (χ4v) is 2.25. The molecule has 19 heavy (non-hydrogen) atoms. The Hall–Kier alpha value is -0.650. The molecule has 2 N–H and O–H groups in total. The summed E-state index contributed by atoms with van der Waals surface area (Å²) in [5.41, 5.74) is 0. The van der Waals surface area contributed by atoms with Gasteiger partial charge in [-0.25, -0.2) is 0 Å². The van der Waals surface area contributed by atoms with Crippen molar-refractivity contribution in [2.24, 2.45) is 0 Å². The Balaban J connectivity index is 1.95. The number of ether oxygens (including phenoxy) is 2. The molecule has 112 valence electrons. The summed E-state index contributed by atoms with van der Waals surface area (Å²) in [6.45, 7) is 4.89. The molecule has 1 aliphatic rings. The summed E-state index contributed by atoms with van der Waals surface area (Å²) in [4.78, 5) is 11.9. The second-order valence-corrected chi connectivity index (χ2v) is 5.15. The molecular formula is C14H28N2O3. The van der Waals surface area contributed by atoms with Gasteiger partial charge in [0.15, 0.2) is 0 Å². The lowest BCUT2D eigenvalue weighted by atomic mass is 9.99. The molecule has 1 rings (SSSR count). The number of piperidine rings is 1. The molecule has 5 heteroatoms. The summed E-state index contributed by atoms with van der Waals surface area (Å²) in [5, 5.41) is 6.33. The van der Waals surface area contributed by atoms with Crippen LogP contribution in [0.15, 0.2) is 0 Å². The van der Waals surface area contributed by atoms with Crippen molar-refractivity contribution in [2.45, 2.75) is 51.1 Å². The van der Waals surface area contributed by atoms with E-state index >= 15 is 0 Å². The van der Waals surface area contributed by atoms with Gasteiger partial charge in [-0.2, -0.15) is 0 Å². The van der Waals surface area contributed by atoms with Gasteiger partial charge in [-0.1, -0.05) is 0 Å². The highest BCUT2D eigenvalue weighted by Gasteiger charge is 2.23. The van der Waals surface area contributed by atoms with E-state index in [0.29, 0.717) is 19.3 Å². The molecule has 1 amide bonds. The predicted octanol–water partition coefficient (Wildman–Crippen LogP) is 1.08. The maximum atomic E-state index is 11.9. The zero-order valence-electron chi connectivity index (χ0n) is 12.2. The van der Waals surface area contributed by atoms with Crippen molar-refractivity contribution in [1.82, 2.24) is 10.6 Å². The third kappa shape index (κ3) is 7.50. The van der Waals surface area contributed by atoms with E-state index in [2.05, 4.69) is 17.6 Å². The Morgan fingerprint density at radius 3 is 2.84 bits per heavy atom. The number of unbranched alkanes of at least 4 members (excludes halogenated alkanes) is 1. The van der Waals surface area contributed by atoms with Crippen molar-refractivity contribution in [2.75, 3.05) is 33.5 Å². The maximum Gasteiger partial charge on any atom is 0.237 e. The Bertz CT molecular complexity index is 249. The van der Waals surface area contributed by atoms with E-state index in [1.54, 1.807) is 7.11 Å². The van der Waals surface area contributed by atoms with E-state index in [-0.39, 0.29) is 11.9 Å². The van der Waals surface area contributed by atoms with Crippen LogP contribution in [-0.4, -0.2) is 51.5 Å². The Labute approximate surface area is 116 Å². The smallest absolute Gasteiger partial charge is 0.237 e. The fraction of sp³-hybridized carbons (Fsp3) is 0.929. The van der Waals surface area contributed by atoms with E-state index in [0.717, 1.165) is 38.8 Å². The van der Waals surface area contributed by atoms with Gasteiger partial charge in [0.05, 0.1) is 19.3 Å². The molecule has 1 fully saturated rings. The zero-order chi connectivity index (χ0) is 13.9. The Morgan fingerprint density at radius 2 is 2.11 bits per heavy atom. The average molecular weight is 272 g/mol. The minimum absolute atomic E-state index is 0.00158. The largest absolute Gasteiger partial charge is 0.382 e. The maximum absolute atomic E-state index is 11.9. The van der Waals surface area contributed by atoms with Crippen LogP contribution in [0.2, 0.25) is 0 Å². The molecule has 0 bridgehead atoms. The summed E-state index contributed by atoms with van der Waals surface area (Å²) in [7, 11) is 1.67. The SMILES string of the molecule is COCCOCCCCNC(=O)C1CCCC(C)N1. The van der Waals surface area contributed by atoms with E-state index in [4.69, 9.17) is 9.47 Å². The van der Waals surface area contributed by atoms with Gasteiger partial charge in [0.2, 0.25) is 5.91 Å². The third-order valence-electron chi connectivity index (χ3n) is 3.38. The van der Waals surface area contributed by atoms with Crippen LogP contribution in [0.1, 0.15) is 39.0 Å². The molecule has 2 unspecified atom stereocenters. The molecule has 0 aromatic carbocycles. The molecule has 0 saturated carbocycles. The van der Waals surface area contributed by atoms with Crippen molar-refractivity contribution in [3.63, 3.8) is 0 Å². The number of carbonyl (C=O) groups excluding carboxylic acids is 1. The molecule has 2 atom stereocenters. The van der Waals surface area contributed by atoms with Crippen molar-refractivity contribution in [1.29, 1.82) is 0 Å². The molecule has 0 aromatic rings. The standard InChI is InChI=1S/C14H28N2O3/c1-12-6-5-7-13(16-12)14(17)15-8-3-4-9-19-11-10-18-2/h12-13,16H,3-11H2,1-2H3,(H,15,17). The average Bonchev–Trinajstić information content (AvgIpc) is 2.41. The van der Waals surface area contributed by atoms with Gasteiger partial charge in [0, 0.05) is 26.3 Å². The van der Waals surface area contributed by atoms with E-state index in [9.17, 15) is 4.79 Å². The monoisotopic (exact) mass is 272 g/mol. The fourth-order valence-electron chi connectivity index (χ4n) is 2.25. The van der Waals surface area contributed by atoms with Gasteiger partial charge >= 0.3 is 0 Å². The first-order valence-electron chi connectivity index (χ1n) is 7.34. The lowest BCUT2D eigenvalue weighted by Crippen LogP contribution is -2.50. The van der Waals surface area contributed by atoms with Crippen molar-refractivity contribution < 1.29 is 14.3 Å². The molecule has 0 aromatic heterocycles. The second kappa shape index (κ2) is 10.2. The number of amides is 1. The number of nitrogens with one attached hydrogen (secondary N) is 2. The molecule has 5 nitrogen and oxygen atoms in total. The molecule has 1 saturated heterocycles. The number of methoxy groups -OCH3 is 1. The first-order chi connectivity index (χ1) is 9.24. The summed E-state index contributed by atoms with van der Waals surface area (Å²) in [6, 6.07) is 0.459. The van der Waals surface area contributed by atoms with Gasteiger partial charge in [-0.05, 0) is 39.0 Å². The molecular weight excluding hydrogens is 244 g/mol. The normalized spacial score (nSPS) is 23.3. The molecule has 0 spiro atoms. The van der Waals surface area contributed by atoms with Crippen LogP contribution in [0.5, 0.6) is 0 Å². The van der Waals surface area contributed by atoms with E-state index in [1.807, 2.05) is 0 Å². The van der Waals surface area contributed by atoms with Gasteiger partial charge in [0.25, 0.3) is 0 Å². The summed E-state index contributed by atoms with van der Waals surface area (Å²) >= 11 is 0. The number of hydrogen-bond acceptors (Lipinski definition) is 4. The highest BCUT2D eigenvalue weighted by atomic mass is 16.5. The van der Waals surface area contributed by atoms with Crippen molar-refractivity contribution >= 4 is 5.91 Å². The van der Waals surface area contributed by atoms with E-state index in [1.165, 1.54) is 6.42 Å². The zero-order valence-corrected chi connectivity index (χ0v) is 12.2. The predicted molar refractivity (Wildman–Crippen MR) is 75.2 cm³/mol. The third-order valence-corrected chi connectivity index (χ3v) is 3.38. The van der Waals surface area contributed by atoms with Crippen LogP contribution in [0, 0.1) is 0 Å². The lowest BCUT2D eigenvalue weighted by molar-refractivity contribution is -0.124. The molecule has 0 radical (unpaired) electrons. The van der Waals surface area contributed by atoms with Crippen molar-refractivity contribution in [3.05, 3.63) is 0 Å². The first-order valence-corrected chi connectivity index (χ1v) is 7.34. The topological polar surface area (TPSA) is 59.6 Å². The van der Waals surface area contributed by atoms with Crippen molar-refractivity contribution in [3.8, 4) is 0 Å². The summed E-state index contributed by atoms with van der Waals surface area (Å²) in [5.74, 6) is 0.145.